The molecule has 4 rings (SSSR count). The van der Waals surface area contributed by atoms with Crippen molar-refractivity contribution in [3.63, 3.8) is 0 Å². The van der Waals surface area contributed by atoms with Crippen molar-refractivity contribution in [1.29, 1.82) is 0 Å². The van der Waals surface area contributed by atoms with Crippen LogP contribution in [-0.2, 0) is 16.0 Å². The second-order valence-electron chi connectivity index (χ2n) is 10.4. The molecule has 0 radical (unpaired) electrons. The Morgan fingerprint density at radius 3 is 2.65 bits per heavy atom. The summed E-state index contributed by atoms with van der Waals surface area (Å²) in [5.74, 6) is 0.216. The largest absolute Gasteiger partial charge is 0.490 e. The van der Waals surface area contributed by atoms with Gasteiger partial charge in [-0.3, -0.25) is 14.8 Å². The molecule has 2 N–H and O–H groups in total. The molecule has 37 heavy (non-hydrogen) atoms. The van der Waals surface area contributed by atoms with Crippen molar-refractivity contribution in [2.24, 2.45) is 0 Å². The summed E-state index contributed by atoms with van der Waals surface area (Å²) in [5.41, 5.74) is 3.51. The topological polar surface area (TPSA) is 99.8 Å². The van der Waals surface area contributed by atoms with Crippen molar-refractivity contribution < 1.29 is 19.1 Å². The molecule has 0 bridgehead atoms. The molecular weight excluding hydrogens is 470 g/mol. The lowest BCUT2D eigenvalue weighted by atomic mass is 9.92. The molecule has 1 unspecified atom stereocenters. The molecule has 9 nitrogen and oxygen atoms in total. The van der Waals surface area contributed by atoms with E-state index in [2.05, 4.69) is 15.5 Å². The minimum absolute atomic E-state index is 0.327. The van der Waals surface area contributed by atoms with Gasteiger partial charge in [-0.1, -0.05) is 30.3 Å². The molecule has 1 aromatic heterocycles. The number of ether oxygens (including phenoxy) is 2. The van der Waals surface area contributed by atoms with E-state index >= 15 is 0 Å². The van der Waals surface area contributed by atoms with Crippen LogP contribution in [-0.4, -0.2) is 71.4 Å². The maximum atomic E-state index is 13.8. The molecule has 2 heterocycles. The fraction of sp³-hybridized carbons (Fsp3) is 0.393. The molecule has 0 spiro atoms. The first kappa shape index (κ1) is 26.2. The summed E-state index contributed by atoms with van der Waals surface area (Å²) in [7, 11) is 3.94. The predicted octanol–water partition coefficient (Wildman–Crippen LogP) is 4.49. The van der Waals surface area contributed by atoms with Gasteiger partial charge in [-0.15, -0.1) is 0 Å². The smallest absolute Gasteiger partial charge is 0.411 e. The van der Waals surface area contributed by atoms with E-state index in [-0.39, 0.29) is 5.91 Å². The molecule has 0 aliphatic carbocycles. The predicted molar refractivity (Wildman–Crippen MR) is 143 cm³/mol. The Labute approximate surface area is 217 Å². The van der Waals surface area contributed by atoms with E-state index in [1.165, 1.54) is 4.90 Å². The quantitative estimate of drug-likeness (QED) is 0.491. The van der Waals surface area contributed by atoms with Crippen LogP contribution < -0.4 is 10.1 Å². The van der Waals surface area contributed by atoms with E-state index in [9.17, 15) is 9.59 Å². The lowest BCUT2D eigenvalue weighted by Crippen LogP contribution is -2.47. The molecule has 1 atom stereocenters. The summed E-state index contributed by atoms with van der Waals surface area (Å²) >= 11 is 0. The molecule has 1 aliphatic rings. The van der Waals surface area contributed by atoms with E-state index in [1.807, 2.05) is 82.2 Å². The highest BCUT2D eigenvalue weighted by molar-refractivity contribution is 5.99. The van der Waals surface area contributed by atoms with Crippen molar-refractivity contribution in [2.45, 2.75) is 38.8 Å². The van der Waals surface area contributed by atoms with Gasteiger partial charge in [0.15, 0.2) is 0 Å². The molecule has 2 amide bonds. The number of likely N-dealkylation sites (N-methyl/N-ethyl adjacent to an activating group) is 1. The van der Waals surface area contributed by atoms with Crippen molar-refractivity contribution in [2.75, 3.05) is 39.1 Å². The lowest BCUT2D eigenvalue weighted by Gasteiger charge is -2.37. The molecule has 0 saturated carbocycles. The number of amides is 2. The molecular formula is C28H35N5O4. The van der Waals surface area contributed by atoms with Gasteiger partial charge in [-0.05, 0) is 70.1 Å². The molecule has 2 aromatic carbocycles. The standard InChI is InChI=1S/C28H35N5O4/c1-28(2,3)37-27(35)33-13-12-19-8-6-7-9-22(19)25(33)26(34)31-23-11-10-20(21-17-29-30-18-21)16-24(23)36-15-14-32(4)5/h6-11,16-18,25H,12-15H2,1-5H3,(H,29,30)(H,31,34). The minimum atomic E-state index is -0.831. The first-order valence-corrected chi connectivity index (χ1v) is 12.4. The van der Waals surface area contributed by atoms with E-state index in [1.54, 1.807) is 12.4 Å². The van der Waals surface area contributed by atoms with Crippen LogP contribution in [0.3, 0.4) is 0 Å². The number of nitrogens with zero attached hydrogens (tertiary/aromatic N) is 3. The second-order valence-corrected chi connectivity index (χ2v) is 10.4. The monoisotopic (exact) mass is 505 g/mol. The molecule has 3 aromatic rings. The number of carbonyl (C=O) groups excluding carboxylic acids is 2. The van der Waals surface area contributed by atoms with Crippen LogP contribution in [0.25, 0.3) is 11.1 Å². The first-order chi connectivity index (χ1) is 17.6. The number of hydrogen-bond acceptors (Lipinski definition) is 6. The van der Waals surface area contributed by atoms with Crippen molar-refractivity contribution in [1.82, 2.24) is 20.0 Å². The summed E-state index contributed by atoms with van der Waals surface area (Å²) in [6.07, 6.45) is 3.67. The number of rotatable bonds is 7. The zero-order valence-electron chi connectivity index (χ0n) is 22.1. The van der Waals surface area contributed by atoms with Crippen LogP contribution in [0.15, 0.2) is 54.9 Å². The summed E-state index contributed by atoms with van der Waals surface area (Å²) in [6.45, 7) is 6.99. The summed E-state index contributed by atoms with van der Waals surface area (Å²) in [5, 5.41) is 9.87. The van der Waals surface area contributed by atoms with E-state index in [0.29, 0.717) is 37.6 Å². The highest BCUT2D eigenvalue weighted by Crippen LogP contribution is 2.35. The summed E-state index contributed by atoms with van der Waals surface area (Å²) in [6, 6.07) is 12.5. The van der Waals surface area contributed by atoms with Gasteiger partial charge in [0.25, 0.3) is 5.91 Å². The third-order valence-corrected chi connectivity index (χ3v) is 6.03. The van der Waals surface area contributed by atoms with Crippen molar-refractivity contribution in [3.05, 3.63) is 66.0 Å². The number of aromatic amines is 1. The van der Waals surface area contributed by atoms with Gasteiger partial charge in [0.2, 0.25) is 0 Å². The fourth-order valence-corrected chi connectivity index (χ4v) is 4.24. The van der Waals surface area contributed by atoms with Gasteiger partial charge in [-0.2, -0.15) is 5.10 Å². The van der Waals surface area contributed by atoms with Crippen molar-refractivity contribution >= 4 is 17.7 Å². The maximum Gasteiger partial charge on any atom is 0.411 e. The third-order valence-electron chi connectivity index (χ3n) is 6.03. The highest BCUT2D eigenvalue weighted by Gasteiger charge is 2.38. The molecule has 1 aliphatic heterocycles. The van der Waals surface area contributed by atoms with Crippen molar-refractivity contribution in [3.8, 4) is 16.9 Å². The second kappa shape index (κ2) is 11.0. The lowest BCUT2D eigenvalue weighted by molar-refractivity contribution is -0.122. The maximum absolute atomic E-state index is 13.8. The van der Waals surface area contributed by atoms with Gasteiger partial charge in [0, 0.05) is 24.8 Å². The van der Waals surface area contributed by atoms with Gasteiger partial charge in [-0.25, -0.2) is 4.79 Å². The minimum Gasteiger partial charge on any atom is -0.490 e. The van der Waals surface area contributed by atoms with E-state index in [4.69, 9.17) is 9.47 Å². The van der Waals surface area contributed by atoms with Gasteiger partial charge < -0.3 is 19.7 Å². The van der Waals surface area contributed by atoms with Gasteiger partial charge in [0.05, 0.1) is 11.9 Å². The van der Waals surface area contributed by atoms with Crippen LogP contribution in [0, 0.1) is 0 Å². The number of H-pyrrole nitrogens is 1. The van der Waals surface area contributed by atoms with Crippen LogP contribution in [0.2, 0.25) is 0 Å². The fourth-order valence-electron chi connectivity index (χ4n) is 4.24. The van der Waals surface area contributed by atoms with Crippen LogP contribution in [0.1, 0.15) is 37.9 Å². The number of anilines is 1. The number of nitrogens with one attached hydrogen (secondary N) is 2. The Kier molecular flexibility index (Phi) is 7.83. The average molecular weight is 506 g/mol. The molecule has 0 saturated heterocycles. The molecule has 0 fully saturated rings. The Morgan fingerprint density at radius 1 is 1.16 bits per heavy atom. The average Bonchev–Trinajstić information content (AvgIpc) is 3.38. The SMILES string of the molecule is CN(C)CCOc1cc(-c2cn[nH]c2)ccc1NC(=O)C1c2ccccc2CCN1C(=O)OC(C)(C)C. The van der Waals surface area contributed by atoms with Gasteiger partial charge >= 0.3 is 6.09 Å². The van der Waals surface area contributed by atoms with Crippen LogP contribution >= 0.6 is 0 Å². The molecule has 9 heteroatoms. The Morgan fingerprint density at radius 2 is 1.95 bits per heavy atom. The zero-order valence-corrected chi connectivity index (χ0v) is 22.1. The number of aromatic nitrogens is 2. The first-order valence-electron chi connectivity index (χ1n) is 12.4. The van der Waals surface area contributed by atoms with Gasteiger partial charge in [0.1, 0.15) is 24.0 Å². The number of benzene rings is 2. The summed E-state index contributed by atoms with van der Waals surface area (Å²) in [4.78, 5) is 30.5. The van der Waals surface area contributed by atoms with Crippen LogP contribution in [0.4, 0.5) is 10.5 Å². The number of carbonyl (C=O) groups is 2. The number of fused-ring (bicyclic) bond motifs is 1. The molecule has 196 valence electrons. The Bertz CT molecular complexity index is 1230. The van der Waals surface area contributed by atoms with E-state index in [0.717, 1.165) is 22.3 Å². The Hall–Kier alpha value is -3.85. The number of hydrogen-bond donors (Lipinski definition) is 2. The normalized spacial score (nSPS) is 15.3. The summed E-state index contributed by atoms with van der Waals surface area (Å²) < 4.78 is 11.7. The Balaban J connectivity index is 1.65. The van der Waals surface area contributed by atoms with Crippen LogP contribution in [0.5, 0.6) is 5.75 Å². The highest BCUT2D eigenvalue weighted by atomic mass is 16.6. The van der Waals surface area contributed by atoms with E-state index < -0.39 is 17.7 Å². The third kappa shape index (κ3) is 6.48. The zero-order chi connectivity index (χ0) is 26.6.